The van der Waals surface area contributed by atoms with Crippen LogP contribution < -0.4 is 0 Å². The van der Waals surface area contributed by atoms with Crippen LogP contribution in [0.15, 0.2) is 12.1 Å². The fraction of sp³-hybridized carbons (Fsp3) is 0.882. The van der Waals surface area contributed by atoms with Gasteiger partial charge in [0.25, 0.3) is 0 Å². The second kappa shape index (κ2) is 6.42. The molecule has 0 aliphatic carbocycles. The molecule has 0 spiro atoms. The van der Waals surface area contributed by atoms with Crippen LogP contribution in [0.3, 0.4) is 0 Å². The van der Waals surface area contributed by atoms with Crippen LogP contribution in [-0.4, -0.2) is 32.7 Å². The van der Waals surface area contributed by atoms with Crippen molar-refractivity contribution in [3.05, 3.63) is 12.1 Å². The molecule has 1 aliphatic heterocycles. The highest BCUT2D eigenvalue weighted by Crippen LogP contribution is 2.38. The highest BCUT2D eigenvalue weighted by atomic mass is 28.4. The van der Waals surface area contributed by atoms with Crippen LogP contribution in [0, 0.1) is 0 Å². The van der Waals surface area contributed by atoms with Gasteiger partial charge in [0.1, 0.15) is 0 Å². The lowest BCUT2D eigenvalue weighted by Gasteiger charge is -2.38. The lowest BCUT2D eigenvalue weighted by Crippen LogP contribution is -2.43. The molecule has 0 aromatic heterocycles. The Hall–Kier alpha value is -0.0982. The summed E-state index contributed by atoms with van der Waals surface area (Å²) >= 11 is 0. The maximum Gasteiger partial charge on any atom is 0.486 e. The smallest absolute Gasteiger partial charge is 0.414 e. The van der Waals surface area contributed by atoms with Crippen LogP contribution in [0.25, 0.3) is 0 Å². The first-order chi connectivity index (χ1) is 9.68. The summed E-state index contributed by atoms with van der Waals surface area (Å²) in [7, 11) is -1.95. The molecule has 1 heterocycles. The summed E-state index contributed by atoms with van der Waals surface area (Å²) in [4.78, 5) is 0. The van der Waals surface area contributed by atoms with E-state index in [4.69, 9.17) is 13.7 Å². The zero-order valence-electron chi connectivity index (χ0n) is 16.2. The molecule has 1 aliphatic rings. The molecule has 0 saturated carbocycles. The molecule has 128 valence electrons. The molecule has 0 N–H and O–H groups in total. The van der Waals surface area contributed by atoms with Gasteiger partial charge in [0, 0.05) is 6.10 Å². The van der Waals surface area contributed by atoms with Crippen molar-refractivity contribution in [1.29, 1.82) is 0 Å². The van der Waals surface area contributed by atoms with E-state index in [1.165, 1.54) is 0 Å². The van der Waals surface area contributed by atoms with E-state index in [0.29, 0.717) is 0 Å². The molecule has 5 heteroatoms. The van der Waals surface area contributed by atoms with Crippen LogP contribution >= 0.6 is 0 Å². The molecule has 3 nitrogen and oxygen atoms in total. The van der Waals surface area contributed by atoms with Gasteiger partial charge in [-0.2, -0.15) is 0 Å². The van der Waals surface area contributed by atoms with Crippen molar-refractivity contribution in [2.75, 3.05) is 0 Å². The SMILES string of the molecule is C[C@H](C/C=C/B1OC(C)(C)C(C)(C)O1)O[Si](C)(C)C(C)(C)C. The standard InChI is InChI=1S/C17H35BO3Si/c1-14(19-22(9,10)15(2,3)4)12-11-13-18-20-16(5,6)17(7,8)21-18/h11,13-14H,12H2,1-10H3/b13-11+/t14-/m1/s1. The second-order valence-corrected chi connectivity index (χ2v) is 13.7. The summed E-state index contributed by atoms with van der Waals surface area (Å²) in [5.41, 5.74) is -0.545. The molecule has 0 unspecified atom stereocenters. The number of hydrogen-bond donors (Lipinski definition) is 0. The Morgan fingerprint density at radius 1 is 1.09 bits per heavy atom. The summed E-state index contributed by atoms with van der Waals surface area (Å²) in [5, 5.41) is 0.247. The van der Waals surface area contributed by atoms with Gasteiger partial charge in [-0.3, -0.25) is 0 Å². The minimum absolute atomic E-state index is 0.222. The maximum atomic E-state index is 6.35. The number of hydrogen-bond acceptors (Lipinski definition) is 3. The zero-order valence-corrected chi connectivity index (χ0v) is 17.2. The summed E-state index contributed by atoms with van der Waals surface area (Å²) in [6, 6.07) is 0. The quantitative estimate of drug-likeness (QED) is 0.667. The van der Waals surface area contributed by atoms with Gasteiger partial charge in [-0.15, -0.1) is 0 Å². The Labute approximate surface area is 139 Å². The Morgan fingerprint density at radius 3 is 1.95 bits per heavy atom. The summed E-state index contributed by atoms with van der Waals surface area (Å²) in [6.45, 7) is 21.8. The van der Waals surface area contributed by atoms with E-state index in [2.05, 4.69) is 74.6 Å². The van der Waals surface area contributed by atoms with E-state index < -0.39 is 8.32 Å². The lowest BCUT2D eigenvalue weighted by atomic mass is 9.89. The molecule has 0 radical (unpaired) electrons. The molecule has 1 fully saturated rings. The van der Waals surface area contributed by atoms with Crippen molar-refractivity contribution in [1.82, 2.24) is 0 Å². The third kappa shape index (κ3) is 4.70. The molecule has 0 amide bonds. The third-order valence-corrected chi connectivity index (χ3v) is 9.94. The summed E-state index contributed by atoms with van der Waals surface area (Å²) in [5.74, 6) is 2.02. The molecule has 0 aromatic rings. The molecule has 0 bridgehead atoms. The highest BCUT2D eigenvalue weighted by molar-refractivity contribution is 6.74. The Bertz CT molecular complexity index is 395. The molecule has 22 heavy (non-hydrogen) atoms. The largest absolute Gasteiger partial charge is 0.486 e. The normalized spacial score (nSPS) is 23.3. The van der Waals surface area contributed by atoms with E-state index in [0.717, 1.165) is 6.42 Å². The van der Waals surface area contributed by atoms with Crippen molar-refractivity contribution >= 4 is 15.4 Å². The van der Waals surface area contributed by atoms with Crippen molar-refractivity contribution in [3.8, 4) is 0 Å². The van der Waals surface area contributed by atoms with Gasteiger partial charge in [-0.25, -0.2) is 0 Å². The predicted molar refractivity (Wildman–Crippen MR) is 97.6 cm³/mol. The predicted octanol–water partition coefficient (Wildman–Crippen LogP) is 4.97. The first-order valence-electron chi connectivity index (χ1n) is 8.38. The fourth-order valence-electron chi connectivity index (χ4n) is 2.08. The maximum absolute atomic E-state index is 6.35. The van der Waals surface area contributed by atoms with Crippen LogP contribution in [-0.2, 0) is 13.7 Å². The van der Waals surface area contributed by atoms with Crippen LogP contribution in [0.2, 0.25) is 18.1 Å². The zero-order chi connectivity index (χ0) is 17.4. The first-order valence-corrected chi connectivity index (χ1v) is 11.3. The van der Waals surface area contributed by atoms with Gasteiger partial charge >= 0.3 is 7.12 Å². The monoisotopic (exact) mass is 326 g/mol. The Kier molecular flexibility index (Phi) is 5.82. The van der Waals surface area contributed by atoms with E-state index in [9.17, 15) is 0 Å². The average molecular weight is 326 g/mol. The Balaban J connectivity index is 2.51. The molecule has 1 rings (SSSR count). The average Bonchev–Trinajstić information content (AvgIpc) is 2.44. The van der Waals surface area contributed by atoms with Gasteiger partial charge in [-0.1, -0.05) is 32.8 Å². The van der Waals surface area contributed by atoms with Gasteiger partial charge in [0.2, 0.25) is 0 Å². The summed E-state index contributed by atoms with van der Waals surface area (Å²) < 4.78 is 18.3. The van der Waals surface area contributed by atoms with E-state index in [1.807, 2.05) is 5.98 Å². The third-order valence-electron chi connectivity index (χ3n) is 5.33. The van der Waals surface area contributed by atoms with Crippen molar-refractivity contribution in [2.24, 2.45) is 0 Å². The molecular weight excluding hydrogens is 291 g/mol. The number of rotatable bonds is 5. The minimum atomic E-state index is -1.69. The second-order valence-electron chi connectivity index (χ2n) is 8.98. The van der Waals surface area contributed by atoms with Crippen LogP contribution in [0.1, 0.15) is 61.8 Å². The van der Waals surface area contributed by atoms with E-state index >= 15 is 0 Å². The van der Waals surface area contributed by atoms with Gasteiger partial charge in [0.15, 0.2) is 8.32 Å². The van der Waals surface area contributed by atoms with Crippen LogP contribution in [0.5, 0.6) is 0 Å². The van der Waals surface area contributed by atoms with E-state index in [1.54, 1.807) is 0 Å². The molecule has 1 saturated heterocycles. The Morgan fingerprint density at radius 2 is 1.55 bits per heavy atom. The van der Waals surface area contributed by atoms with Crippen LogP contribution in [0.4, 0.5) is 0 Å². The van der Waals surface area contributed by atoms with Crippen molar-refractivity contribution in [2.45, 2.75) is 97.2 Å². The van der Waals surface area contributed by atoms with Crippen molar-refractivity contribution < 1.29 is 13.7 Å². The highest BCUT2D eigenvalue weighted by Gasteiger charge is 2.50. The topological polar surface area (TPSA) is 27.7 Å². The molecule has 0 aromatic carbocycles. The van der Waals surface area contributed by atoms with Gasteiger partial charge in [-0.05, 0) is 59.2 Å². The molecular formula is C17H35BO3Si. The molecule has 1 atom stereocenters. The van der Waals surface area contributed by atoms with Gasteiger partial charge in [0.05, 0.1) is 11.2 Å². The van der Waals surface area contributed by atoms with E-state index in [-0.39, 0.29) is 29.5 Å². The fourth-order valence-corrected chi connectivity index (χ4v) is 3.53. The lowest BCUT2D eigenvalue weighted by molar-refractivity contribution is 0.00578. The van der Waals surface area contributed by atoms with Gasteiger partial charge < -0.3 is 13.7 Å². The summed E-state index contributed by atoms with van der Waals surface area (Å²) in [6.07, 6.45) is 3.23. The minimum Gasteiger partial charge on any atom is -0.414 e. The van der Waals surface area contributed by atoms with Crippen molar-refractivity contribution in [3.63, 3.8) is 0 Å². The first kappa shape index (κ1) is 19.9.